The normalized spacial score (nSPS) is 25.5. The zero-order valence-electron chi connectivity index (χ0n) is 12.1. The largest absolute Gasteiger partial charge is 0.367 e. The van der Waals surface area contributed by atoms with E-state index in [9.17, 15) is 4.39 Å². The fraction of sp³-hybridized carbons (Fsp3) is 0.600. The van der Waals surface area contributed by atoms with Gasteiger partial charge in [-0.25, -0.2) is 4.39 Å². The predicted octanol–water partition coefficient (Wildman–Crippen LogP) is 3.48. The molecule has 3 atom stereocenters. The number of rotatable bonds is 2. The van der Waals surface area contributed by atoms with Gasteiger partial charge in [0.1, 0.15) is 5.82 Å². The van der Waals surface area contributed by atoms with Gasteiger partial charge < -0.3 is 10.6 Å². The van der Waals surface area contributed by atoms with E-state index >= 15 is 0 Å². The van der Waals surface area contributed by atoms with Gasteiger partial charge in [-0.05, 0) is 44.0 Å². The van der Waals surface area contributed by atoms with Crippen LogP contribution in [0.3, 0.4) is 0 Å². The van der Waals surface area contributed by atoms with Crippen molar-refractivity contribution in [1.82, 2.24) is 0 Å². The summed E-state index contributed by atoms with van der Waals surface area (Å²) in [6.45, 7) is 9.22. The minimum atomic E-state index is -0.164. The van der Waals surface area contributed by atoms with Crippen molar-refractivity contribution < 1.29 is 4.39 Å². The summed E-state index contributed by atoms with van der Waals surface area (Å²) in [5, 5.41) is 0.583. The Balaban J connectivity index is 2.45. The highest BCUT2D eigenvalue weighted by atomic mass is 32.2. The van der Waals surface area contributed by atoms with Crippen LogP contribution in [0.2, 0.25) is 0 Å². The molecule has 0 bridgehead atoms. The first kappa shape index (κ1) is 14.7. The number of thioether (sulfide) groups is 1. The molecule has 0 radical (unpaired) electrons. The smallest absolute Gasteiger partial charge is 0.126 e. The van der Waals surface area contributed by atoms with Crippen molar-refractivity contribution in [3.8, 4) is 0 Å². The highest BCUT2D eigenvalue weighted by molar-refractivity contribution is 8.00. The van der Waals surface area contributed by atoms with Gasteiger partial charge in [0.25, 0.3) is 0 Å². The number of hydrogen-bond donors (Lipinski definition) is 1. The van der Waals surface area contributed by atoms with Crippen LogP contribution in [0.4, 0.5) is 10.1 Å². The summed E-state index contributed by atoms with van der Waals surface area (Å²) in [5.41, 5.74) is 8.73. The van der Waals surface area contributed by atoms with Crippen molar-refractivity contribution in [2.24, 2.45) is 5.73 Å². The Hall–Kier alpha value is -0.740. The first-order chi connectivity index (χ1) is 8.91. The predicted molar refractivity (Wildman–Crippen MR) is 82.5 cm³/mol. The molecule has 106 valence electrons. The Bertz CT molecular complexity index is 462. The summed E-state index contributed by atoms with van der Waals surface area (Å²) in [6, 6.07) is 3.85. The second-order valence-electron chi connectivity index (χ2n) is 5.46. The molecule has 19 heavy (non-hydrogen) atoms. The number of hydrogen-bond acceptors (Lipinski definition) is 3. The van der Waals surface area contributed by atoms with Crippen molar-refractivity contribution in [3.63, 3.8) is 0 Å². The number of benzene rings is 1. The Kier molecular flexibility index (Phi) is 4.41. The van der Waals surface area contributed by atoms with Crippen LogP contribution in [-0.4, -0.2) is 23.6 Å². The van der Waals surface area contributed by atoms with Crippen molar-refractivity contribution in [1.29, 1.82) is 0 Å². The second kappa shape index (κ2) is 5.71. The van der Waals surface area contributed by atoms with E-state index in [4.69, 9.17) is 5.73 Å². The standard InChI is InChI=1S/C15H23FN2S/c1-9-7-15(13(10(2)17)8-14(9)16)18-5-6-19-12(4)11(18)3/h7-8,10-12H,5-6,17H2,1-4H3/t10-,11?,12?/m0/s1. The SMILES string of the molecule is Cc1cc(N2CCSC(C)C2C)c([C@H](C)N)cc1F. The van der Waals surface area contributed by atoms with Gasteiger partial charge in [-0.3, -0.25) is 0 Å². The zero-order chi connectivity index (χ0) is 14.2. The van der Waals surface area contributed by atoms with Crippen LogP contribution < -0.4 is 10.6 Å². The van der Waals surface area contributed by atoms with Crippen molar-refractivity contribution in [3.05, 3.63) is 29.1 Å². The molecule has 1 aromatic rings. The lowest BCUT2D eigenvalue weighted by Crippen LogP contribution is -2.45. The van der Waals surface area contributed by atoms with Crippen LogP contribution in [0.15, 0.2) is 12.1 Å². The zero-order valence-corrected chi connectivity index (χ0v) is 12.9. The monoisotopic (exact) mass is 282 g/mol. The summed E-state index contributed by atoms with van der Waals surface area (Å²) in [4.78, 5) is 2.38. The Morgan fingerprint density at radius 2 is 2.11 bits per heavy atom. The molecule has 2 unspecified atom stereocenters. The van der Waals surface area contributed by atoms with Crippen LogP contribution >= 0.6 is 11.8 Å². The van der Waals surface area contributed by atoms with Crippen LogP contribution in [0, 0.1) is 12.7 Å². The van der Waals surface area contributed by atoms with Gasteiger partial charge in [0.15, 0.2) is 0 Å². The molecular weight excluding hydrogens is 259 g/mol. The van der Waals surface area contributed by atoms with Crippen LogP contribution in [0.1, 0.15) is 37.9 Å². The van der Waals surface area contributed by atoms with Gasteiger partial charge in [0.2, 0.25) is 0 Å². The Morgan fingerprint density at radius 1 is 1.42 bits per heavy atom. The van der Waals surface area contributed by atoms with Gasteiger partial charge in [-0.15, -0.1) is 0 Å². The third-order valence-corrected chi connectivity index (χ3v) is 5.33. The van der Waals surface area contributed by atoms with Crippen molar-refractivity contribution >= 4 is 17.4 Å². The first-order valence-corrected chi connectivity index (χ1v) is 7.90. The molecule has 2 N–H and O–H groups in total. The number of anilines is 1. The fourth-order valence-corrected chi connectivity index (χ4v) is 3.67. The maximum absolute atomic E-state index is 13.8. The van der Waals surface area contributed by atoms with E-state index in [1.54, 1.807) is 6.07 Å². The minimum Gasteiger partial charge on any atom is -0.367 e. The topological polar surface area (TPSA) is 29.3 Å². The quantitative estimate of drug-likeness (QED) is 0.900. The van der Waals surface area contributed by atoms with E-state index in [0.29, 0.717) is 16.9 Å². The summed E-state index contributed by atoms with van der Waals surface area (Å²) < 4.78 is 13.8. The molecule has 1 aliphatic rings. The van der Waals surface area contributed by atoms with Gasteiger partial charge in [-0.1, -0.05) is 6.92 Å². The van der Waals surface area contributed by atoms with Crippen LogP contribution in [0.5, 0.6) is 0 Å². The van der Waals surface area contributed by atoms with Gasteiger partial charge in [0.05, 0.1) is 0 Å². The molecule has 1 aromatic carbocycles. The number of nitrogens with zero attached hydrogens (tertiary/aromatic N) is 1. The average molecular weight is 282 g/mol. The number of halogens is 1. The third-order valence-electron chi connectivity index (χ3n) is 3.99. The molecule has 0 amide bonds. The molecule has 2 nitrogen and oxygen atoms in total. The second-order valence-corrected chi connectivity index (χ2v) is 6.94. The highest BCUT2D eigenvalue weighted by Crippen LogP contribution is 2.34. The van der Waals surface area contributed by atoms with E-state index in [-0.39, 0.29) is 11.9 Å². The molecule has 1 heterocycles. The fourth-order valence-electron chi connectivity index (χ4n) is 2.57. The number of aryl methyl sites for hydroxylation is 1. The molecule has 0 aliphatic carbocycles. The van der Waals surface area contributed by atoms with Crippen molar-refractivity contribution in [2.45, 2.75) is 45.0 Å². The molecule has 0 saturated carbocycles. The van der Waals surface area contributed by atoms with E-state index in [1.807, 2.05) is 31.7 Å². The highest BCUT2D eigenvalue weighted by Gasteiger charge is 2.27. The summed E-state index contributed by atoms with van der Waals surface area (Å²) >= 11 is 2.00. The maximum Gasteiger partial charge on any atom is 0.126 e. The third kappa shape index (κ3) is 2.90. The van der Waals surface area contributed by atoms with Crippen LogP contribution in [-0.2, 0) is 0 Å². The maximum atomic E-state index is 13.8. The first-order valence-electron chi connectivity index (χ1n) is 6.85. The summed E-state index contributed by atoms with van der Waals surface area (Å²) in [7, 11) is 0. The Labute approximate surface area is 119 Å². The molecule has 0 aromatic heterocycles. The van der Waals surface area contributed by atoms with Gasteiger partial charge in [0, 0.05) is 35.3 Å². The molecule has 1 aliphatic heterocycles. The average Bonchev–Trinajstić information content (AvgIpc) is 2.35. The molecule has 4 heteroatoms. The summed E-state index contributed by atoms with van der Waals surface area (Å²) in [6.07, 6.45) is 0. The Morgan fingerprint density at radius 3 is 2.74 bits per heavy atom. The summed E-state index contributed by atoms with van der Waals surface area (Å²) in [5.74, 6) is 0.948. The van der Waals surface area contributed by atoms with Gasteiger partial charge in [-0.2, -0.15) is 11.8 Å². The van der Waals surface area contributed by atoms with Crippen LogP contribution in [0.25, 0.3) is 0 Å². The van der Waals surface area contributed by atoms with Crippen molar-refractivity contribution in [2.75, 3.05) is 17.2 Å². The van der Waals surface area contributed by atoms with Gasteiger partial charge >= 0.3 is 0 Å². The van der Waals surface area contributed by atoms with E-state index in [1.165, 1.54) is 0 Å². The number of nitrogens with two attached hydrogens (primary N) is 1. The van der Waals surface area contributed by atoms with E-state index < -0.39 is 0 Å². The molecule has 1 fully saturated rings. The molecular formula is C15H23FN2S. The molecule has 0 spiro atoms. The van der Waals surface area contributed by atoms with E-state index in [2.05, 4.69) is 18.7 Å². The molecule has 1 saturated heterocycles. The molecule has 2 rings (SSSR count). The lowest BCUT2D eigenvalue weighted by atomic mass is 10.0. The lowest BCUT2D eigenvalue weighted by molar-refractivity contribution is 0.601. The van der Waals surface area contributed by atoms with E-state index in [0.717, 1.165) is 23.5 Å². The minimum absolute atomic E-state index is 0.151. The lowest BCUT2D eigenvalue weighted by Gasteiger charge is -2.40.